The zero-order valence-corrected chi connectivity index (χ0v) is 17.9. The minimum absolute atomic E-state index is 0.644. The predicted molar refractivity (Wildman–Crippen MR) is 121 cm³/mol. The van der Waals surface area contributed by atoms with Crippen LogP contribution < -0.4 is 4.90 Å². The second-order valence-corrected chi connectivity index (χ2v) is 7.81. The van der Waals surface area contributed by atoms with Crippen molar-refractivity contribution < 1.29 is 0 Å². The van der Waals surface area contributed by atoms with Gasteiger partial charge in [-0.25, -0.2) is 4.68 Å². The van der Waals surface area contributed by atoms with E-state index in [1.165, 1.54) is 0 Å². The molecule has 0 atom stereocenters. The molecule has 29 heavy (non-hydrogen) atoms. The molecule has 0 saturated heterocycles. The molecule has 0 fully saturated rings. The van der Waals surface area contributed by atoms with Crippen LogP contribution in [0.15, 0.2) is 67.0 Å². The fourth-order valence-electron chi connectivity index (χ4n) is 3.47. The van der Waals surface area contributed by atoms with Crippen molar-refractivity contribution in [2.45, 2.75) is 6.92 Å². The third kappa shape index (κ3) is 3.61. The summed E-state index contributed by atoms with van der Waals surface area (Å²) in [6, 6.07) is 17.6. The van der Waals surface area contributed by atoms with Gasteiger partial charge in [-0.2, -0.15) is 5.10 Å². The molecule has 0 aliphatic heterocycles. The van der Waals surface area contributed by atoms with Crippen molar-refractivity contribution in [1.82, 2.24) is 14.8 Å². The van der Waals surface area contributed by atoms with Gasteiger partial charge in [-0.1, -0.05) is 41.4 Å². The average molecular weight is 423 g/mol. The van der Waals surface area contributed by atoms with Gasteiger partial charge in [-0.15, -0.1) is 0 Å². The quantitative estimate of drug-likeness (QED) is 0.387. The van der Waals surface area contributed by atoms with Crippen LogP contribution in [0, 0.1) is 6.92 Å². The Balaban J connectivity index is 2.03. The molecule has 0 unspecified atom stereocenters. The predicted octanol–water partition coefficient (Wildman–Crippen LogP) is 6.28. The Morgan fingerprint density at radius 3 is 2.21 bits per heavy atom. The molecule has 2 heterocycles. The number of aromatic nitrogens is 3. The summed E-state index contributed by atoms with van der Waals surface area (Å²) >= 11 is 12.8. The van der Waals surface area contributed by atoms with E-state index in [1.807, 2.05) is 78.3 Å². The first-order chi connectivity index (χ1) is 14.0. The SMILES string of the molecule is Cc1c(-c2ccc(Cl)cc2)c(-c2ccncc2)nn1-c1c(Cl)cccc1N(C)C. The van der Waals surface area contributed by atoms with Crippen molar-refractivity contribution in [2.24, 2.45) is 0 Å². The van der Waals surface area contributed by atoms with Gasteiger partial charge in [0.25, 0.3) is 0 Å². The van der Waals surface area contributed by atoms with Crippen molar-refractivity contribution in [1.29, 1.82) is 0 Å². The van der Waals surface area contributed by atoms with Crippen molar-refractivity contribution in [3.8, 4) is 28.1 Å². The number of hydrogen-bond acceptors (Lipinski definition) is 3. The highest BCUT2D eigenvalue weighted by Gasteiger charge is 2.22. The van der Waals surface area contributed by atoms with Crippen LogP contribution in [-0.4, -0.2) is 28.9 Å². The molecule has 4 aromatic rings. The van der Waals surface area contributed by atoms with Crippen LogP contribution in [0.2, 0.25) is 10.0 Å². The van der Waals surface area contributed by atoms with Crippen LogP contribution in [0.3, 0.4) is 0 Å². The zero-order chi connectivity index (χ0) is 20.5. The average Bonchev–Trinajstić information content (AvgIpc) is 3.06. The Bertz CT molecular complexity index is 1150. The van der Waals surface area contributed by atoms with E-state index in [2.05, 4.69) is 11.9 Å². The van der Waals surface area contributed by atoms with Crippen LogP contribution in [0.5, 0.6) is 0 Å². The van der Waals surface area contributed by atoms with Crippen LogP contribution in [-0.2, 0) is 0 Å². The number of para-hydroxylation sites is 1. The fraction of sp³-hybridized carbons (Fsp3) is 0.130. The zero-order valence-electron chi connectivity index (χ0n) is 16.4. The van der Waals surface area contributed by atoms with Crippen molar-refractivity contribution in [3.05, 3.63) is 82.7 Å². The van der Waals surface area contributed by atoms with Gasteiger partial charge in [0.15, 0.2) is 0 Å². The molecule has 146 valence electrons. The first-order valence-electron chi connectivity index (χ1n) is 9.19. The summed E-state index contributed by atoms with van der Waals surface area (Å²) in [6.45, 7) is 2.06. The van der Waals surface area contributed by atoms with E-state index in [0.29, 0.717) is 10.0 Å². The lowest BCUT2D eigenvalue weighted by Crippen LogP contribution is -2.13. The van der Waals surface area contributed by atoms with Crippen molar-refractivity contribution >= 4 is 28.9 Å². The first-order valence-corrected chi connectivity index (χ1v) is 9.95. The van der Waals surface area contributed by atoms with Crippen LogP contribution in [0.1, 0.15) is 5.69 Å². The van der Waals surface area contributed by atoms with Gasteiger partial charge in [0.1, 0.15) is 11.4 Å². The highest BCUT2D eigenvalue weighted by atomic mass is 35.5. The second kappa shape index (κ2) is 7.90. The summed E-state index contributed by atoms with van der Waals surface area (Å²) in [6.07, 6.45) is 3.55. The normalized spacial score (nSPS) is 10.9. The van der Waals surface area contributed by atoms with Gasteiger partial charge in [0.2, 0.25) is 0 Å². The summed E-state index contributed by atoms with van der Waals surface area (Å²) in [5.74, 6) is 0. The number of nitrogens with zero attached hydrogens (tertiary/aromatic N) is 4. The third-order valence-electron chi connectivity index (χ3n) is 4.86. The largest absolute Gasteiger partial charge is 0.376 e. The van der Waals surface area contributed by atoms with E-state index >= 15 is 0 Å². The van der Waals surface area contributed by atoms with Gasteiger partial charge >= 0.3 is 0 Å². The van der Waals surface area contributed by atoms with E-state index in [4.69, 9.17) is 28.3 Å². The molecule has 0 saturated carbocycles. The molecule has 0 N–H and O–H groups in total. The molecule has 0 spiro atoms. The molecular formula is C23H20Cl2N4. The first kappa shape index (κ1) is 19.5. The Kier molecular flexibility index (Phi) is 5.31. The number of rotatable bonds is 4. The monoisotopic (exact) mass is 422 g/mol. The van der Waals surface area contributed by atoms with E-state index in [1.54, 1.807) is 12.4 Å². The fourth-order valence-corrected chi connectivity index (χ4v) is 3.84. The number of anilines is 1. The Morgan fingerprint density at radius 2 is 1.55 bits per heavy atom. The minimum Gasteiger partial charge on any atom is -0.376 e. The Morgan fingerprint density at radius 1 is 0.862 bits per heavy atom. The lowest BCUT2D eigenvalue weighted by atomic mass is 10.00. The van der Waals surface area contributed by atoms with Gasteiger partial charge in [-0.05, 0) is 48.9 Å². The molecule has 4 rings (SSSR count). The molecule has 4 nitrogen and oxygen atoms in total. The molecular weight excluding hydrogens is 403 g/mol. The summed E-state index contributed by atoms with van der Waals surface area (Å²) in [4.78, 5) is 6.18. The van der Waals surface area contributed by atoms with Crippen LogP contribution >= 0.6 is 23.2 Å². The Hall–Kier alpha value is -2.82. The standard InChI is InChI=1S/C23H20Cl2N4/c1-15-21(16-7-9-18(24)10-8-16)22(17-11-13-26-14-12-17)27-29(15)23-19(25)5-4-6-20(23)28(2)3/h4-14H,1-3H3. The maximum absolute atomic E-state index is 6.64. The molecule has 6 heteroatoms. The summed E-state index contributed by atoms with van der Waals surface area (Å²) < 4.78 is 1.93. The van der Waals surface area contributed by atoms with E-state index in [0.717, 1.165) is 39.5 Å². The number of pyridine rings is 1. The lowest BCUT2D eigenvalue weighted by Gasteiger charge is -2.19. The summed E-state index contributed by atoms with van der Waals surface area (Å²) in [5, 5.41) is 6.34. The minimum atomic E-state index is 0.644. The molecule has 0 radical (unpaired) electrons. The topological polar surface area (TPSA) is 34.0 Å². The van der Waals surface area contributed by atoms with Gasteiger partial charge in [-0.3, -0.25) is 4.98 Å². The maximum Gasteiger partial charge on any atom is 0.107 e. The lowest BCUT2D eigenvalue weighted by molar-refractivity contribution is 0.845. The summed E-state index contributed by atoms with van der Waals surface area (Å²) in [5.41, 5.74) is 6.79. The van der Waals surface area contributed by atoms with Crippen molar-refractivity contribution in [2.75, 3.05) is 19.0 Å². The van der Waals surface area contributed by atoms with Crippen molar-refractivity contribution in [3.63, 3.8) is 0 Å². The molecule has 0 amide bonds. The maximum atomic E-state index is 6.64. The van der Waals surface area contributed by atoms with E-state index in [9.17, 15) is 0 Å². The number of halogens is 2. The Labute approximate surface area is 180 Å². The smallest absolute Gasteiger partial charge is 0.107 e. The van der Waals surface area contributed by atoms with Gasteiger partial charge in [0, 0.05) is 48.3 Å². The van der Waals surface area contributed by atoms with Crippen LogP contribution in [0.25, 0.3) is 28.1 Å². The van der Waals surface area contributed by atoms with E-state index < -0.39 is 0 Å². The number of benzene rings is 2. The molecule has 2 aromatic carbocycles. The van der Waals surface area contributed by atoms with Gasteiger partial charge < -0.3 is 4.90 Å². The number of hydrogen-bond donors (Lipinski definition) is 0. The summed E-state index contributed by atoms with van der Waals surface area (Å²) in [7, 11) is 4.00. The molecule has 0 aliphatic rings. The molecule has 2 aromatic heterocycles. The molecule has 0 aliphatic carbocycles. The second-order valence-electron chi connectivity index (χ2n) is 6.97. The highest BCUT2D eigenvalue weighted by Crippen LogP contribution is 2.39. The van der Waals surface area contributed by atoms with E-state index in [-0.39, 0.29) is 0 Å². The van der Waals surface area contributed by atoms with Crippen LogP contribution in [0.4, 0.5) is 5.69 Å². The third-order valence-corrected chi connectivity index (χ3v) is 5.42. The van der Waals surface area contributed by atoms with Gasteiger partial charge in [0.05, 0.1) is 10.7 Å². The molecule has 0 bridgehead atoms. The highest BCUT2D eigenvalue weighted by molar-refractivity contribution is 6.33.